The van der Waals surface area contributed by atoms with Crippen molar-refractivity contribution in [3.05, 3.63) is 18.0 Å². The molecule has 92 valence electrons. The van der Waals surface area contributed by atoms with E-state index in [2.05, 4.69) is 45.0 Å². The van der Waals surface area contributed by atoms with E-state index < -0.39 is 0 Å². The molecule has 0 bridgehead atoms. The van der Waals surface area contributed by atoms with Crippen LogP contribution in [0.25, 0.3) is 0 Å². The Bertz CT molecular complexity index is 331. The molecule has 0 atom stereocenters. The molecule has 0 aromatic carbocycles. The number of rotatable bonds is 4. The fourth-order valence-electron chi connectivity index (χ4n) is 1.55. The van der Waals surface area contributed by atoms with Crippen molar-refractivity contribution in [3.63, 3.8) is 0 Å². The quantitative estimate of drug-likeness (QED) is 0.850. The van der Waals surface area contributed by atoms with E-state index in [1.165, 1.54) is 0 Å². The van der Waals surface area contributed by atoms with E-state index in [0.29, 0.717) is 0 Å². The van der Waals surface area contributed by atoms with Crippen molar-refractivity contribution in [1.82, 2.24) is 15.1 Å². The maximum Gasteiger partial charge on any atom is 0.0593 e. The van der Waals surface area contributed by atoms with Crippen LogP contribution in [0.2, 0.25) is 0 Å². The van der Waals surface area contributed by atoms with Crippen LogP contribution in [-0.2, 0) is 6.54 Å². The van der Waals surface area contributed by atoms with Crippen molar-refractivity contribution in [2.75, 3.05) is 6.54 Å². The molecule has 0 aliphatic rings. The van der Waals surface area contributed by atoms with Gasteiger partial charge >= 0.3 is 0 Å². The van der Waals surface area contributed by atoms with Gasteiger partial charge in [-0.1, -0.05) is 13.8 Å². The van der Waals surface area contributed by atoms with Gasteiger partial charge in [-0.3, -0.25) is 4.68 Å². The standard InChI is InChI=1S/C13H25N3/c1-11-7-8-16(15-11)10-13(5,6)9-14-12(2,3)4/h7-8,14H,9-10H2,1-6H3. The van der Waals surface area contributed by atoms with Gasteiger partial charge in [0.1, 0.15) is 0 Å². The van der Waals surface area contributed by atoms with Gasteiger partial charge < -0.3 is 5.32 Å². The Labute approximate surface area is 99.2 Å². The van der Waals surface area contributed by atoms with Crippen LogP contribution in [0.3, 0.4) is 0 Å². The summed E-state index contributed by atoms with van der Waals surface area (Å²) in [6.07, 6.45) is 2.05. The second kappa shape index (κ2) is 4.58. The number of aryl methyl sites for hydroxylation is 1. The van der Waals surface area contributed by atoms with Gasteiger partial charge in [-0.15, -0.1) is 0 Å². The summed E-state index contributed by atoms with van der Waals surface area (Å²) >= 11 is 0. The van der Waals surface area contributed by atoms with Crippen LogP contribution in [0, 0.1) is 12.3 Å². The third-order valence-corrected chi connectivity index (χ3v) is 2.46. The smallest absolute Gasteiger partial charge is 0.0593 e. The van der Waals surface area contributed by atoms with Crippen molar-refractivity contribution >= 4 is 0 Å². The zero-order valence-electron chi connectivity index (χ0n) is 11.5. The molecule has 0 aliphatic carbocycles. The lowest BCUT2D eigenvalue weighted by molar-refractivity contribution is 0.246. The van der Waals surface area contributed by atoms with E-state index in [9.17, 15) is 0 Å². The summed E-state index contributed by atoms with van der Waals surface area (Å²) in [6.45, 7) is 15.1. The summed E-state index contributed by atoms with van der Waals surface area (Å²) in [4.78, 5) is 0. The van der Waals surface area contributed by atoms with Crippen LogP contribution in [0.5, 0.6) is 0 Å². The van der Waals surface area contributed by atoms with Gasteiger partial charge in [-0.25, -0.2) is 0 Å². The van der Waals surface area contributed by atoms with Gasteiger partial charge in [0, 0.05) is 24.8 Å². The van der Waals surface area contributed by atoms with Crippen LogP contribution >= 0.6 is 0 Å². The first kappa shape index (κ1) is 13.2. The highest BCUT2D eigenvalue weighted by Crippen LogP contribution is 2.18. The summed E-state index contributed by atoms with van der Waals surface area (Å²) in [6, 6.07) is 2.05. The fourth-order valence-corrected chi connectivity index (χ4v) is 1.55. The Kier molecular flexibility index (Phi) is 3.79. The maximum absolute atomic E-state index is 4.43. The summed E-state index contributed by atoms with van der Waals surface area (Å²) < 4.78 is 2.03. The molecule has 0 unspecified atom stereocenters. The minimum atomic E-state index is 0.178. The first-order valence-corrected chi connectivity index (χ1v) is 5.93. The lowest BCUT2D eigenvalue weighted by Gasteiger charge is -2.30. The highest BCUT2D eigenvalue weighted by Gasteiger charge is 2.21. The fraction of sp³-hybridized carbons (Fsp3) is 0.769. The number of nitrogens with zero attached hydrogens (tertiary/aromatic N) is 2. The monoisotopic (exact) mass is 223 g/mol. The zero-order valence-corrected chi connectivity index (χ0v) is 11.5. The lowest BCUT2D eigenvalue weighted by atomic mass is 9.92. The second-order valence-corrected chi connectivity index (χ2v) is 6.42. The van der Waals surface area contributed by atoms with Crippen LogP contribution in [-0.4, -0.2) is 21.9 Å². The summed E-state index contributed by atoms with van der Waals surface area (Å²) in [5.74, 6) is 0. The normalized spacial score (nSPS) is 13.1. The van der Waals surface area contributed by atoms with E-state index in [1.54, 1.807) is 0 Å². The molecule has 0 saturated carbocycles. The topological polar surface area (TPSA) is 29.9 Å². The van der Waals surface area contributed by atoms with E-state index in [4.69, 9.17) is 0 Å². The largest absolute Gasteiger partial charge is 0.311 e. The van der Waals surface area contributed by atoms with Gasteiger partial charge in [0.25, 0.3) is 0 Å². The second-order valence-electron chi connectivity index (χ2n) is 6.42. The minimum absolute atomic E-state index is 0.178. The van der Waals surface area contributed by atoms with E-state index in [0.717, 1.165) is 18.8 Å². The third-order valence-electron chi connectivity index (χ3n) is 2.46. The number of hydrogen-bond acceptors (Lipinski definition) is 2. The molecule has 0 fully saturated rings. The molecule has 3 heteroatoms. The number of aromatic nitrogens is 2. The highest BCUT2D eigenvalue weighted by atomic mass is 15.3. The molecule has 0 amide bonds. The Balaban J connectivity index is 2.51. The predicted molar refractivity (Wildman–Crippen MR) is 68.5 cm³/mol. The van der Waals surface area contributed by atoms with Gasteiger partial charge in [0.05, 0.1) is 5.69 Å². The molecule has 3 nitrogen and oxygen atoms in total. The van der Waals surface area contributed by atoms with Crippen molar-refractivity contribution in [1.29, 1.82) is 0 Å². The maximum atomic E-state index is 4.43. The lowest BCUT2D eigenvalue weighted by Crippen LogP contribution is -2.43. The third kappa shape index (κ3) is 4.79. The van der Waals surface area contributed by atoms with Crippen LogP contribution < -0.4 is 5.32 Å². The molecule has 0 spiro atoms. The SMILES string of the molecule is Cc1ccn(CC(C)(C)CNC(C)(C)C)n1. The van der Waals surface area contributed by atoms with Gasteiger partial charge in [0.2, 0.25) is 0 Å². The summed E-state index contributed by atoms with van der Waals surface area (Å²) in [5.41, 5.74) is 1.47. The Morgan fingerprint density at radius 3 is 2.31 bits per heavy atom. The Morgan fingerprint density at radius 1 is 1.25 bits per heavy atom. The predicted octanol–water partition coefficient (Wildman–Crippen LogP) is 2.61. The molecule has 1 rings (SSSR count). The molecule has 0 radical (unpaired) electrons. The molecule has 1 aromatic rings. The van der Waals surface area contributed by atoms with Crippen molar-refractivity contribution in [3.8, 4) is 0 Å². The van der Waals surface area contributed by atoms with Crippen molar-refractivity contribution < 1.29 is 0 Å². The Hall–Kier alpha value is -0.830. The van der Waals surface area contributed by atoms with E-state index >= 15 is 0 Å². The molecular formula is C13H25N3. The highest BCUT2D eigenvalue weighted by molar-refractivity contribution is 4.95. The van der Waals surface area contributed by atoms with Gasteiger partial charge in [0.15, 0.2) is 0 Å². The average Bonchev–Trinajstić information content (AvgIpc) is 2.46. The molecule has 1 aromatic heterocycles. The number of nitrogens with one attached hydrogen (secondary N) is 1. The minimum Gasteiger partial charge on any atom is -0.311 e. The average molecular weight is 223 g/mol. The molecule has 0 aliphatic heterocycles. The zero-order chi connectivity index (χ0) is 12.4. The first-order chi connectivity index (χ1) is 7.18. The summed E-state index contributed by atoms with van der Waals surface area (Å²) in [5, 5.41) is 7.98. The molecule has 1 heterocycles. The van der Waals surface area contributed by atoms with Crippen molar-refractivity contribution in [2.45, 2.75) is 53.6 Å². The van der Waals surface area contributed by atoms with E-state index in [1.807, 2.05) is 23.9 Å². The van der Waals surface area contributed by atoms with Gasteiger partial charge in [-0.2, -0.15) is 5.10 Å². The summed E-state index contributed by atoms with van der Waals surface area (Å²) in [7, 11) is 0. The molecule has 0 saturated heterocycles. The van der Waals surface area contributed by atoms with Crippen LogP contribution in [0.1, 0.15) is 40.3 Å². The van der Waals surface area contributed by atoms with Crippen molar-refractivity contribution in [2.24, 2.45) is 5.41 Å². The molecule has 16 heavy (non-hydrogen) atoms. The van der Waals surface area contributed by atoms with Gasteiger partial charge in [-0.05, 0) is 39.2 Å². The van der Waals surface area contributed by atoms with Crippen LogP contribution in [0.15, 0.2) is 12.3 Å². The molecular weight excluding hydrogens is 198 g/mol. The van der Waals surface area contributed by atoms with E-state index in [-0.39, 0.29) is 11.0 Å². The molecule has 1 N–H and O–H groups in total. The number of hydrogen-bond donors (Lipinski definition) is 1. The Morgan fingerprint density at radius 2 is 1.88 bits per heavy atom. The van der Waals surface area contributed by atoms with Crippen LogP contribution in [0.4, 0.5) is 0 Å². The first-order valence-electron chi connectivity index (χ1n) is 5.93.